The van der Waals surface area contributed by atoms with E-state index in [4.69, 9.17) is 14.6 Å². The van der Waals surface area contributed by atoms with Gasteiger partial charge in [0.2, 0.25) is 0 Å². The van der Waals surface area contributed by atoms with E-state index in [0.29, 0.717) is 35.5 Å². The molecule has 0 bridgehead atoms. The van der Waals surface area contributed by atoms with E-state index in [9.17, 15) is 9.59 Å². The summed E-state index contributed by atoms with van der Waals surface area (Å²) in [5, 5.41) is 8.77. The largest absolute Gasteiger partial charge is 0.490 e. The van der Waals surface area contributed by atoms with E-state index in [1.54, 1.807) is 18.2 Å². The molecule has 1 aliphatic rings. The molecule has 26 heavy (non-hydrogen) atoms. The van der Waals surface area contributed by atoms with Crippen molar-refractivity contribution in [2.75, 3.05) is 26.3 Å². The van der Waals surface area contributed by atoms with Crippen molar-refractivity contribution >= 4 is 11.9 Å². The van der Waals surface area contributed by atoms with E-state index in [0.717, 1.165) is 32.4 Å². The SMILES string of the molecule is CCOc1cc(C(=O)N2CCCC(C(C)C)CC2)ccc1OCC(=O)O. The Hall–Kier alpha value is -2.24. The molecule has 1 unspecified atom stereocenters. The van der Waals surface area contributed by atoms with Crippen molar-refractivity contribution in [1.29, 1.82) is 0 Å². The summed E-state index contributed by atoms with van der Waals surface area (Å²) in [7, 11) is 0. The highest BCUT2D eigenvalue weighted by atomic mass is 16.5. The maximum atomic E-state index is 12.9. The van der Waals surface area contributed by atoms with Crippen LogP contribution >= 0.6 is 0 Å². The van der Waals surface area contributed by atoms with Crippen molar-refractivity contribution < 1.29 is 24.2 Å². The Morgan fingerprint density at radius 2 is 1.96 bits per heavy atom. The van der Waals surface area contributed by atoms with Crippen LogP contribution in [0.15, 0.2) is 18.2 Å². The number of hydrogen-bond donors (Lipinski definition) is 1. The highest BCUT2D eigenvalue weighted by Gasteiger charge is 2.24. The lowest BCUT2D eigenvalue weighted by atomic mass is 9.89. The summed E-state index contributed by atoms with van der Waals surface area (Å²) in [6.07, 6.45) is 3.21. The first-order valence-electron chi connectivity index (χ1n) is 9.33. The number of aliphatic carboxylic acids is 1. The molecule has 1 amide bonds. The van der Waals surface area contributed by atoms with E-state index >= 15 is 0 Å². The van der Waals surface area contributed by atoms with Gasteiger partial charge in [0, 0.05) is 18.7 Å². The number of carboxylic acid groups (broad SMARTS) is 1. The number of rotatable bonds is 7. The molecule has 1 saturated heterocycles. The van der Waals surface area contributed by atoms with Crippen molar-refractivity contribution in [1.82, 2.24) is 4.90 Å². The summed E-state index contributed by atoms with van der Waals surface area (Å²) in [4.78, 5) is 25.5. The molecule has 1 N–H and O–H groups in total. The normalized spacial score (nSPS) is 17.7. The molecule has 0 aromatic heterocycles. The molecule has 1 atom stereocenters. The third-order valence-electron chi connectivity index (χ3n) is 4.84. The van der Waals surface area contributed by atoms with Gasteiger partial charge in [0.15, 0.2) is 18.1 Å². The van der Waals surface area contributed by atoms with Crippen molar-refractivity contribution in [3.8, 4) is 11.5 Å². The van der Waals surface area contributed by atoms with E-state index in [1.165, 1.54) is 0 Å². The van der Waals surface area contributed by atoms with Crippen LogP contribution in [-0.2, 0) is 4.79 Å². The first-order valence-corrected chi connectivity index (χ1v) is 9.33. The first kappa shape index (κ1) is 20.1. The molecule has 6 nitrogen and oxygen atoms in total. The molecule has 1 heterocycles. The van der Waals surface area contributed by atoms with Crippen LogP contribution in [0.5, 0.6) is 11.5 Å². The van der Waals surface area contributed by atoms with E-state index in [2.05, 4.69) is 13.8 Å². The molecule has 0 aliphatic carbocycles. The van der Waals surface area contributed by atoms with Crippen molar-refractivity contribution in [3.05, 3.63) is 23.8 Å². The molecule has 1 aromatic rings. The van der Waals surface area contributed by atoms with E-state index < -0.39 is 12.6 Å². The minimum Gasteiger partial charge on any atom is -0.490 e. The lowest BCUT2D eigenvalue weighted by molar-refractivity contribution is -0.139. The molecule has 6 heteroatoms. The Morgan fingerprint density at radius 1 is 1.19 bits per heavy atom. The number of ether oxygens (including phenoxy) is 2. The molecule has 0 saturated carbocycles. The average molecular weight is 363 g/mol. The predicted octanol–water partition coefficient (Wildman–Crippen LogP) is 3.45. The summed E-state index contributed by atoms with van der Waals surface area (Å²) in [6, 6.07) is 4.93. The van der Waals surface area contributed by atoms with Gasteiger partial charge in [0.25, 0.3) is 5.91 Å². The number of likely N-dealkylation sites (tertiary alicyclic amines) is 1. The molecule has 144 valence electrons. The Bertz CT molecular complexity index is 629. The van der Waals surface area contributed by atoms with Gasteiger partial charge in [-0.1, -0.05) is 13.8 Å². The van der Waals surface area contributed by atoms with Gasteiger partial charge >= 0.3 is 5.97 Å². The summed E-state index contributed by atoms with van der Waals surface area (Å²) in [6.45, 7) is 7.80. The van der Waals surface area contributed by atoms with Gasteiger partial charge in [-0.15, -0.1) is 0 Å². The maximum Gasteiger partial charge on any atom is 0.341 e. The fourth-order valence-electron chi connectivity index (χ4n) is 3.34. The Labute approximate surface area is 155 Å². The number of carbonyl (C=O) groups is 2. The molecular weight excluding hydrogens is 334 g/mol. The quantitative estimate of drug-likeness (QED) is 0.803. The van der Waals surface area contributed by atoms with Crippen LogP contribution in [0.3, 0.4) is 0 Å². The van der Waals surface area contributed by atoms with Crippen LogP contribution in [0.2, 0.25) is 0 Å². The molecule has 0 spiro atoms. The number of nitrogens with zero attached hydrogens (tertiary/aromatic N) is 1. The zero-order valence-corrected chi connectivity index (χ0v) is 15.9. The van der Waals surface area contributed by atoms with Gasteiger partial charge in [-0.2, -0.15) is 0 Å². The Morgan fingerprint density at radius 3 is 2.62 bits per heavy atom. The second-order valence-electron chi connectivity index (χ2n) is 7.00. The van der Waals surface area contributed by atoms with Crippen molar-refractivity contribution in [2.24, 2.45) is 11.8 Å². The Kier molecular flexibility index (Phi) is 7.30. The predicted molar refractivity (Wildman–Crippen MR) is 98.8 cm³/mol. The van der Waals surface area contributed by atoms with Gasteiger partial charge < -0.3 is 19.5 Å². The third-order valence-corrected chi connectivity index (χ3v) is 4.84. The smallest absolute Gasteiger partial charge is 0.341 e. The zero-order valence-electron chi connectivity index (χ0n) is 15.9. The molecule has 0 radical (unpaired) electrons. The number of benzene rings is 1. The summed E-state index contributed by atoms with van der Waals surface area (Å²) in [5.74, 6) is 0.965. The fraction of sp³-hybridized carbons (Fsp3) is 0.600. The number of carbonyl (C=O) groups excluding carboxylic acids is 1. The summed E-state index contributed by atoms with van der Waals surface area (Å²) < 4.78 is 10.8. The minimum atomic E-state index is -1.06. The molecule has 1 aromatic carbocycles. The summed E-state index contributed by atoms with van der Waals surface area (Å²) >= 11 is 0. The lowest BCUT2D eigenvalue weighted by Gasteiger charge is -2.22. The van der Waals surface area contributed by atoms with Crippen LogP contribution in [0.25, 0.3) is 0 Å². The molecule has 1 fully saturated rings. The standard InChI is InChI=1S/C20H29NO5/c1-4-25-18-12-16(7-8-17(18)26-13-19(22)23)20(24)21-10-5-6-15(9-11-21)14(2)3/h7-8,12,14-15H,4-6,9-11,13H2,1-3H3,(H,22,23). The van der Waals surface area contributed by atoms with Gasteiger partial charge in [-0.3, -0.25) is 4.79 Å². The third kappa shape index (κ3) is 5.38. The summed E-state index contributed by atoms with van der Waals surface area (Å²) in [5.41, 5.74) is 0.541. The van der Waals surface area contributed by atoms with Crippen LogP contribution in [-0.4, -0.2) is 48.2 Å². The van der Waals surface area contributed by atoms with Crippen LogP contribution in [0.4, 0.5) is 0 Å². The number of carboxylic acids is 1. The average Bonchev–Trinajstić information content (AvgIpc) is 2.86. The molecule has 2 rings (SSSR count). The van der Waals surface area contributed by atoms with Crippen molar-refractivity contribution in [3.63, 3.8) is 0 Å². The van der Waals surface area contributed by atoms with E-state index in [1.807, 2.05) is 11.8 Å². The number of amides is 1. The molecular formula is C20H29NO5. The lowest BCUT2D eigenvalue weighted by Crippen LogP contribution is -2.32. The van der Waals surface area contributed by atoms with Gasteiger partial charge in [-0.05, 0) is 56.2 Å². The highest BCUT2D eigenvalue weighted by Crippen LogP contribution is 2.30. The van der Waals surface area contributed by atoms with Crippen molar-refractivity contribution in [2.45, 2.75) is 40.0 Å². The van der Waals surface area contributed by atoms with Crippen LogP contribution < -0.4 is 9.47 Å². The van der Waals surface area contributed by atoms with Gasteiger partial charge in [0.1, 0.15) is 0 Å². The maximum absolute atomic E-state index is 12.9. The molecule has 1 aliphatic heterocycles. The fourth-order valence-corrected chi connectivity index (χ4v) is 3.34. The topological polar surface area (TPSA) is 76.1 Å². The highest BCUT2D eigenvalue weighted by molar-refractivity contribution is 5.95. The minimum absolute atomic E-state index is 0.0138. The first-order chi connectivity index (χ1) is 12.4. The zero-order chi connectivity index (χ0) is 19.1. The van der Waals surface area contributed by atoms with Gasteiger partial charge in [-0.25, -0.2) is 4.79 Å². The van der Waals surface area contributed by atoms with Gasteiger partial charge in [0.05, 0.1) is 6.61 Å². The monoisotopic (exact) mass is 363 g/mol. The van der Waals surface area contributed by atoms with Crippen LogP contribution in [0.1, 0.15) is 50.4 Å². The van der Waals surface area contributed by atoms with Crippen LogP contribution in [0, 0.1) is 11.8 Å². The number of hydrogen-bond acceptors (Lipinski definition) is 4. The van der Waals surface area contributed by atoms with E-state index in [-0.39, 0.29) is 5.91 Å². The second-order valence-corrected chi connectivity index (χ2v) is 7.00. The second kappa shape index (κ2) is 9.46. The Balaban J connectivity index is 2.12.